The Labute approximate surface area is 82.5 Å². The second-order valence-corrected chi connectivity index (χ2v) is 3.88. The van der Waals surface area contributed by atoms with E-state index < -0.39 is 0 Å². The van der Waals surface area contributed by atoms with Crippen LogP contribution in [0, 0.1) is 5.82 Å². The van der Waals surface area contributed by atoms with Gasteiger partial charge >= 0.3 is 0 Å². The van der Waals surface area contributed by atoms with Crippen LogP contribution in [0.25, 0.3) is 0 Å². The van der Waals surface area contributed by atoms with Crippen molar-refractivity contribution in [3.63, 3.8) is 0 Å². The van der Waals surface area contributed by atoms with Gasteiger partial charge in [0.1, 0.15) is 12.1 Å². The molecular weight excluding hydrogens is 243 g/mol. The highest BCUT2D eigenvalue weighted by molar-refractivity contribution is 9.10. The molecule has 1 aromatic rings. The van der Waals surface area contributed by atoms with E-state index in [9.17, 15) is 9.18 Å². The molecule has 0 amide bonds. The smallest absolute Gasteiger partial charge is 0.138 e. The normalized spacial score (nSPS) is 9.83. The molecule has 0 aliphatic heterocycles. The van der Waals surface area contributed by atoms with Crippen molar-refractivity contribution >= 4 is 34.0 Å². The molecule has 0 unspecified atom stereocenters. The van der Waals surface area contributed by atoms with Crippen LogP contribution in [0.5, 0.6) is 0 Å². The molecule has 12 heavy (non-hydrogen) atoms. The summed E-state index contributed by atoms with van der Waals surface area (Å²) in [6.07, 6.45) is 0.794. The van der Waals surface area contributed by atoms with Crippen molar-refractivity contribution in [2.24, 2.45) is 0 Å². The monoisotopic (exact) mass is 248 g/mol. The number of halogens is 2. The lowest BCUT2D eigenvalue weighted by atomic mass is 10.3. The molecule has 0 spiro atoms. The molecular formula is C8H6BrFOS. The fraction of sp³-hybridized carbons (Fsp3) is 0.125. The Morgan fingerprint density at radius 2 is 2.33 bits per heavy atom. The molecule has 0 heterocycles. The van der Waals surface area contributed by atoms with Crippen molar-refractivity contribution in [2.75, 3.05) is 5.75 Å². The summed E-state index contributed by atoms with van der Waals surface area (Å²) in [6, 6.07) is 4.75. The van der Waals surface area contributed by atoms with E-state index in [-0.39, 0.29) is 5.82 Å². The summed E-state index contributed by atoms with van der Waals surface area (Å²) in [5.74, 6) is 0.0492. The summed E-state index contributed by atoms with van der Waals surface area (Å²) in [5, 5.41) is 0. The Morgan fingerprint density at radius 3 is 3.00 bits per heavy atom. The van der Waals surface area contributed by atoms with Gasteiger partial charge < -0.3 is 4.79 Å². The minimum Gasteiger partial charge on any atom is -0.302 e. The predicted octanol–water partition coefficient (Wildman–Crippen LogP) is 2.88. The van der Waals surface area contributed by atoms with Crippen LogP contribution in [-0.2, 0) is 4.79 Å². The van der Waals surface area contributed by atoms with Crippen LogP contribution in [0.2, 0.25) is 0 Å². The minimum absolute atomic E-state index is 0.300. The van der Waals surface area contributed by atoms with E-state index in [0.717, 1.165) is 11.2 Å². The fourth-order valence-corrected chi connectivity index (χ4v) is 1.97. The van der Waals surface area contributed by atoms with E-state index in [1.807, 2.05) is 0 Å². The number of hydrogen-bond donors (Lipinski definition) is 0. The first-order chi connectivity index (χ1) is 5.75. The fourth-order valence-electron chi connectivity index (χ4n) is 0.719. The van der Waals surface area contributed by atoms with Crippen LogP contribution in [0.1, 0.15) is 0 Å². The Morgan fingerprint density at radius 1 is 1.58 bits per heavy atom. The number of hydrogen-bond acceptors (Lipinski definition) is 2. The van der Waals surface area contributed by atoms with Gasteiger partial charge in [-0.15, -0.1) is 11.8 Å². The van der Waals surface area contributed by atoms with Crippen LogP contribution in [0.15, 0.2) is 27.6 Å². The second kappa shape index (κ2) is 4.62. The third-order valence-corrected chi connectivity index (χ3v) is 3.25. The van der Waals surface area contributed by atoms with Gasteiger partial charge in [-0.05, 0) is 28.1 Å². The molecule has 0 aromatic heterocycles. The molecule has 0 atom stereocenters. The summed E-state index contributed by atoms with van der Waals surface area (Å²) >= 11 is 4.40. The van der Waals surface area contributed by atoms with E-state index in [4.69, 9.17) is 0 Å². The summed E-state index contributed by atoms with van der Waals surface area (Å²) < 4.78 is 13.3. The van der Waals surface area contributed by atoms with Crippen LogP contribution >= 0.6 is 27.7 Å². The van der Waals surface area contributed by atoms with Crippen LogP contribution < -0.4 is 0 Å². The zero-order valence-corrected chi connectivity index (χ0v) is 8.49. The summed E-state index contributed by atoms with van der Waals surface area (Å²) in [5.41, 5.74) is 0. The van der Waals surface area contributed by atoms with E-state index in [0.29, 0.717) is 10.2 Å². The van der Waals surface area contributed by atoms with Gasteiger partial charge in [0, 0.05) is 4.90 Å². The Balaban J connectivity index is 2.84. The molecule has 0 N–H and O–H groups in total. The highest BCUT2D eigenvalue weighted by Crippen LogP contribution is 2.28. The number of aldehydes is 1. The van der Waals surface area contributed by atoms with Gasteiger partial charge in [-0.2, -0.15) is 0 Å². The SMILES string of the molecule is O=CCSc1cccc(F)c1Br. The zero-order chi connectivity index (χ0) is 8.97. The topological polar surface area (TPSA) is 17.1 Å². The number of thioether (sulfide) groups is 1. The lowest BCUT2D eigenvalue weighted by molar-refractivity contribution is -0.105. The Bertz CT molecular complexity index is 290. The van der Waals surface area contributed by atoms with Crippen LogP contribution in [0.3, 0.4) is 0 Å². The van der Waals surface area contributed by atoms with Crippen molar-refractivity contribution < 1.29 is 9.18 Å². The number of rotatable bonds is 3. The molecule has 0 fully saturated rings. The van der Waals surface area contributed by atoms with Gasteiger partial charge in [-0.3, -0.25) is 0 Å². The summed E-state index contributed by atoms with van der Waals surface area (Å²) in [7, 11) is 0. The van der Waals surface area contributed by atoms with Crippen molar-refractivity contribution in [3.8, 4) is 0 Å². The Hall–Kier alpha value is -0.350. The van der Waals surface area contributed by atoms with Gasteiger partial charge in [0.05, 0.1) is 10.2 Å². The molecule has 0 saturated carbocycles. The summed E-state index contributed by atoms with van der Waals surface area (Å²) in [6.45, 7) is 0. The third-order valence-electron chi connectivity index (χ3n) is 1.22. The first-order valence-electron chi connectivity index (χ1n) is 3.26. The van der Waals surface area contributed by atoms with E-state index in [1.54, 1.807) is 12.1 Å². The highest BCUT2D eigenvalue weighted by atomic mass is 79.9. The standard InChI is InChI=1S/C8H6BrFOS/c9-8-6(10)2-1-3-7(8)12-5-4-11/h1-4H,5H2. The first kappa shape index (κ1) is 9.74. The highest BCUT2D eigenvalue weighted by Gasteiger charge is 2.04. The lowest BCUT2D eigenvalue weighted by Crippen LogP contribution is -1.83. The maximum Gasteiger partial charge on any atom is 0.138 e. The quantitative estimate of drug-likeness (QED) is 0.605. The van der Waals surface area contributed by atoms with E-state index >= 15 is 0 Å². The van der Waals surface area contributed by atoms with E-state index in [1.165, 1.54) is 17.8 Å². The first-order valence-corrected chi connectivity index (χ1v) is 5.04. The maximum atomic E-state index is 12.9. The molecule has 0 bridgehead atoms. The maximum absolute atomic E-state index is 12.9. The van der Waals surface area contributed by atoms with Crippen molar-refractivity contribution in [1.29, 1.82) is 0 Å². The van der Waals surface area contributed by atoms with Crippen molar-refractivity contribution in [1.82, 2.24) is 0 Å². The number of carbonyl (C=O) groups is 1. The molecule has 4 heteroatoms. The summed E-state index contributed by atoms with van der Waals surface area (Å²) in [4.78, 5) is 10.8. The van der Waals surface area contributed by atoms with Gasteiger partial charge in [0.15, 0.2) is 0 Å². The minimum atomic E-state index is -0.300. The molecule has 1 nitrogen and oxygen atoms in total. The second-order valence-electron chi connectivity index (χ2n) is 2.03. The molecule has 1 rings (SSSR count). The zero-order valence-electron chi connectivity index (χ0n) is 6.09. The average Bonchev–Trinajstić information content (AvgIpc) is 2.08. The molecule has 1 aromatic carbocycles. The molecule has 64 valence electrons. The van der Waals surface area contributed by atoms with Gasteiger partial charge in [0.2, 0.25) is 0 Å². The van der Waals surface area contributed by atoms with Gasteiger partial charge in [-0.25, -0.2) is 4.39 Å². The van der Waals surface area contributed by atoms with Crippen LogP contribution in [0.4, 0.5) is 4.39 Å². The number of benzene rings is 1. The van der Waals surface area contributed by atoms with E-state index in [2.05, 4.69) is 15.9 Å². The van der Waals surface area contributed by atoms with Crippen molar-refractivity contribution in [3.05, 3.63) is 28.5 Å². The molecule has 0 radical (unpaired) electrons. The van der Waals surface area contributed by atoms with Gasteiger partial charge in [-0.1, -0.05) is 6.07 Å². The van der Waals surface area contributed by atoms with Crippen LogP contribution in [-0.4, -0.2) is 12.0 Å². The van der Waals surface area contributed by atoms with Crippen molar-refractivity contribution in [2.45, 2.75) is 4.90 Å². The molecule has 0 aliphatic rings. The van der Waals surface area contributed by atoms with Gasteiger partial charge in [0.25, 0.3) is 0 Å². The predicted molar refractivity (Wildman–Crippen MR) is 50.9 cm³/mol. The molecule has 0 aliphatic carbocycles. The third kappa shape index (κ3) is 2.32. The number of carbonyl (C=O) groups excluding carboxylic acids is 1. The lowest BCUT2D eigenvalue weighted by Gasteiger charge is -2.01. The largest absolute Gasteiger partial charge is 0.302 e. The molecule has 0 saturated heterocycles. The average molecular weight is 249 g/mol. The Kier molecular flexibility index (Phi) is 3.75.